The number of carbonyl (C=O) groups is 1. The zero-order valence-electron chi connectivity index (χ0n) is 11.9. The van der Waals surface area contributed by atoms with Gasteiger partial charge in [-0.2, -0.15) is 5.10 Å². The molecule has 1 saturated carbocycles. The predicted octanol–water partition coefficient (Wildman–Crippen LogP) is 2.61. The van der Waals surface area contributed by atoms with Gasteiger partial charge in [0.1, 0.15) is 5.82 Å². The van der Waals surface area contributed by atoms with Crippen LogP contribution in [0.1, 0.15) is 37.1 Å². The number of carboxylic acids is 1. The number of fused-ring (bicyclic) bond motifs is 1. The van der Waals surface area contributed by atoms with E-state index < -0.39 is 5.97 Å². The summed E-state index contributed by atoms with van der Waals surface area (Å²) in [6.45, 7) is 1.74. The maximum atomic E-state index is 14.0. The lowest BCUT2D eigenvalue weighted by Gasteiger charge is -2.26. The highest BCUT2D eigenvalue weighted by molar-refractivity contribution is 5.70. The molecule has 1 fully saturated rings. The van der Waals surface area contributed by atoms with Gasteiger partial charge in [-0.3, -0.25) is 4.79 Å². The topological polar surface area (TPSA) is 67.5 Å². The highest BCUT2D eigenvalue weighted by atomic mass is 19.1. The van der Waals surface area contributed by atoms with Gasteiger partial charge in [0, 0.05) is 6.20 Å². The minimum atomic E-state index is -0.695. The molecule has 2 aromatic rings. The predicted molar refractivity (Wildman–Crippen MR) is 74.5 cm³/mol. The molecule has 2 heterocycles. The molecule has 0 aromatic carbocycles. The molecular formula is C15H18FN3O2. The van der Waals surface area contributed by atoms with Crippen LogP contribution in [0, 0.1) is 24.6 Å². The van der Waals surface area contributed by atoms with E-state index in [1.54, 1.807) is 6.92 Å². The summed E-state index contributed by atoms with van der Waals surface area (Å²) in [5.41, 5.74) is 1.15. The van der Waals surface area contributed by atoms with Crippen LogP contribution in [-0.2, 0) is 11.2 Å². The number of aliphatic carboxylic acids is 1. The Kier molecular flexibility index (Phi) is 3.61. The lowest BCUT2D eigenvalue weighted by Crippen LogP contribution is -2.22. The lowest BCUT2D eigenvalue weighted by molar-refractivity contribution is -0.143. The minimum Gasteiger partial charge on any atom is -0.481 e. The van der Waals surface area contributed by atoms with Crippen molar-refractivity contribution in [2.75, 3.05) is 0 Å². The van der Waals surface area contributed by atoms with Gasteiger partial charge in [-0.05, 0) is 56.6 Å². The van der Waals surface area contributed by atoms with Crippen molar-refractivity contribution in [3.63, 3.8) is 0 Å². The van der Waals surface area contributed by atoms with E-state index in [9.17, 15) is 9.18 Å². The number of aromatic nitrogens is 3. The molecule has 0 amide bonds. The summed E-state index contributed by atoms with van der Waals surface area (Å²) in [6.07, 6.45) is 5.78. The first-order valence-electron chi connectivity index (χ1n) is 7.27. The van der Waals surface area contributed by atoms with E-state index in [4.69, 9.17) is 5.11 Å². The summed E-state index contributed by atoms with van der Waals surface area (Å²) in [6, 6.07) is 1.52. The average Bonchev–Trinajstić information content (AvgIpc) is 2.80. The molecule has 0 saturated heterocycles. The van der Waals surface area contributed by atoms with Crippen LogP contribution in [0.2, 0.25) is 0 Å². The number of halogens is 1. The second kappa shape index (κ2) is 5.42. The number of rotatable bonds is 3. The fourth-order valence-electron chi connectivity index (χ4n) is 3.16. The Morgan fingerprint density at radius 1 is 1.43 bits per heavy atom. The molecule has 5 nitrogen and oxygen atoms in total. The van der Waals surface area contributed by atoms with Crippen LogP contribution in [0.5, 0.6) is 0 Å². The number of nitrogens with zero attached hydrogens (tertiary/aromatic N) is 3. The molecule has 1 aliphatic carbocycles. The van der Waals surface area contributed by atoms with Crippen molar-refractivity contribution >= 4 is 11.6 Å². The first kappa shape index (κ1) is 14.0. The Morgan fingerprint density at radius 2 is 2.14 bits per heavy atom. The standard InChI is InChI=1S/C15H18FN3O2/c1-9-17-14-13(16)7-11(8-19(14)18-9)6-10-2-4-12(5-3-10)15(20)21/h7-8,10,12H,2-6H2,1H3,(H,20,21). The van der Waals surface area contributed by atoms with Gasteiger partial charge < -0.3 is 5.11 Å². The molecule has 2 aromatic heterocycles. The number of hydrogen-bond donors (Lipinski definition) is 1. The second-order valence-electron chi connectivity index (χ2n) is 5.88. The highest BCUT2D eigenvalue weighted by Gasteiger charge is 2.26. The van der Waals surface area contributed by atoms with Crippen LogP contribution in [0.3, 0.4) is 0 Å². The van der Waals surface area contributed by atoms with Crippen LogP contribution in [-0.4, -0.2) is 25.7 Å². The molecule has 6 heteroatoms. The highest BCUT2D eigenvalue weighted by Crippen LogP contribution is 2.31. The van der Waals surface area contributed by atoms with Gasteiger partial charge in [-0.15, -0.1) is 0 Å². The monoisotopic (exact) mass is 291 g/mol. The van der Waals surface area contributed by atoms with Gasteiger partial charge in [0.15, 0.2) is 11.5 Å². The Labute approximate surface area is 121 Å². The molecule has 0 radical (unpaired) electrons. The lowest BCUT2D eigenvalue weighted by atomic mass is 9.79. The van der Waals surface area contributed by atoms with Crippen molar-refractivity contribution in [3.8, 4) is 0 Å². The zero-order chi connectivity index (χ0) is 15.0. The number of aryl methyl sites for hydroxylation is 1. The van der Waals surface area contributed by atoms with Gasteiger partial charge in [0.05, 0.1) is 5.92 Å². The van der Waals surface area contributed by atoms with Crippen molar-refractivity contribution in [3.05, 3.63) is 29.5 Å². The Morgan fingerprint density at radius 3 is 2.81 bits per heavy atom. The molecule has 0 aliphatic heterocycles. The molecular weight excluding hydrogens is 273 g/mol. The summed E-state index contributed by atoms with van der Waals surface area (Å²) >= 11 is 0. The van der Waals surface area contributed by atoms with E-state index in [1.165, 1.54) is 10.6 Å². The average molecular weight is 291 g/mol. The Balaban J connectivity index is 1.72. The first-order chi connectivity index (χ1) is 10.0. The number of pyridine rings is 1. The fourth-order valence-corrected chi connectivity index (χ4v) is 3.16. The zero-order valence-corrected chi connectivity index (χ0v) is 11.9. The first-order valence-corrected chi connectivity index (χ1v) is 7.27. The van der Waals surface area contributed by atoms with E-state index in [-0.39, 0.29) is 17.4 Å². The van der Waals surface area contributed by atoms with Crippen molar-refractivity contribution in [1.29, 1.82) is 0 Å². The van der Waals surface area contributed by atoms with E-state index >= 15 is 0 Å². The normalized spacial score (nSPS) is 22.6. The van der Waals surface area contributed by atoms with E-state index in [1.807, 2.05) is 6.20 Å². The van der Waals surface area contributed by atoms with Gasteiger partial charge in [0.25, 0.3) is 0 Å². The maximum Gasteiger partial charge on any atom is 0.306 e. The van der Waals surface area contributed by atoms with E-state index in [2.05, 4.69) is 10.1 Å². The fraction of sp³-hybridized carbons (Fsp3) is 0.533. The number of hydrogen-bond acceptors (Lipinski definition) is 3. The van der Waals surface area contributed by atoms with Crippen molar-refractivity contribution in [2.24, 2.45) is 11.8 Å². The SMILES string of the molecule is Cc1nc2c(F)cc(CC3CCC(C(=O)O)CC3)cn2n1. The Bertz CT molecular complexity index is 675. The molecule has 0 atom stereocenters. The van der Waals surface area contributed by atoms with Crippen molar-refractivity contribution < 1.29 is 14.3 Å². The van der Waals surface area contributed by atoms with Gasteiger partial charge in [0.2, 0.25) is 0 Å². The quantitative estimate of drug-likeness (QED) is 0.944. The third-order valence-electron chi connectivity index (χ3n) is 4.27. The second-order valence-corrected chi connectivity index (χ2v) is 5.88. The van der Waals surface area contributed by atoms with Crippen LogP contribution in [0.25, 0.3) is 5.65 Å². The minimum absolute atomic E-state index is 0.210. The summed E-state index contributed by atoms with van der Waals surface area (Å²) < 4.78 is 15.5. The number of carboxylic acid groups (broad SMARTS) is 1. The molecule has 3 rings (SSSR count). The molecule has 1 aliphatic rings. The van der Waals surface area contributed by atoms with E-state index in [0.717, 1.165) is 24.8 Å². The molecule has 21 heavy (non-hydrogen) atoms. The van der Waals surface area contributed by atoms with Gasteiger partial charge in [-0.1, -0.05) is 0 Å². The van der Waals surface area contributed by atoms with Crippen molar-refractivity contribution in [1.82, 2.24) is 14.6 Å². The summed E-state index contributed by atoms with van der Waals surface area (Å²) in [5.74, 6) is -0.292. The van der Waals surface area contributed by atoms with Crippen molar-refractivity contribution in [2.45, 2.75) is 39.0 Å². The Hall–Kier alpha value is -1.98. The third-order valence-corrected chi connectivity index (χ3v) is 4.27. The molecule has 0 bridgehead atoms. The summed E-state index contributed by atoms with van der Waals surface area (Å²) in [7, 11) is 0. The summed E-state index contributed by atoms with van der Waals surface area (Å²) in [4.78, 5) is 15.0. The summed E-state index contributed by atoms with van der Waals surface area (Å²) in [5, 5.41) is 13.2. The molecule has 1 N–H and O–H groups in total. The molecule has 112 valence electrons. The van der Waals surface area contributed by atoms with Gasteiger partial charge >= 0.3 is 5.97 Å². The van der Waals surface area contributed by atoms with E-state index in [0.29, 0.717) is 24.6 Å². The maximum absolute atomic E-state index is 14.0. The van der Waals surface area contributed by atoms with Crippen LogP contribution in [0.4, 0.5) is 4.39 Å². The van der Waals surface area contributed by atoms with Gasteiger partial charge in [-0.25, -0.2) is 13.9 Å². The third kappa shape index (κ3) is 2.89. The van der Waals surface area contributed by atoms with Crippen LogP contribution in [0.15, 0.2) is 12.3 Å². The molecule has 0 unspecified atom stereocenters. The van der Waals surface area contributed by atoms with Crippen LogP contribution < -0.4 is 0 Å². The van der Waals surface area contributed by atoms with Crippen LogP contribution >= 0.6 is 0 Å². The largest absolute Gasteiger partial charge is 0.481 e. The molecule has 0 spiro atoms. The smallest absolute Gasteiger partial charge is 0.306 e.